The number of carboxylic acids is 1. The summed E-state index contributed by atoms with van der Waals surface area (Å²) >= 11 is 0. The van der Waals surface area contributed by atoms with Crippen LogP contribution < -0.4 is 5.32 Å². The molecule has 0 aromatic heterocycles. The van der Waals surface area contributed by atoms with Gasteiger partial charge in [-0.1, -0.05) is 13.8 Å². The smallest absolute Gasteiger partial charge is 0.320 e. The van der Waals surface area contributed by atoms with E-state index in [1.54, 1.807) is 0 Å². The van der Waals surface area contributed by atoms with Crippen molar-refractivity contribution in [3.63, 3.8) is 0 Å². The molecule has 0 aromatic rings. The van der Waals surface area contributed by atoms with Gasteiger partial charge in [0, 0.05) is 6.54 Å². The second-order valence-corrected chi connectivity index (χ2v) is 4.97. The quantitative estimate of drug-likeness (QED) is 0.651. The van der Waals surface area contributed by atoms with E-state index in [2.05, 4.69) is 24.2 Å². The standard InChI is InChI=1S/C12H24N2O2/c1-4-13-11(12(15)16)5-6-14(3)8-10-7-9(10)2/h9-11,13H,4-8H2,1-3H3,(H,15,16). The summed E-state index contributed by atoms with van der Waals surface area (Å²) in [6.07, 6.45) is 2.01. The van der Waals surface area contributed by atoms with Crippen molar-refractivity contribution < 1.29 is 9.90 Å². The Labute approximate surface area is 98.0 Å². The Morgan fingerprint density at radius 1 is 1.62 bits per heavy atom. The Morgan fingerprint density at radius 3 is 2.69 bits per heavy atom. The fourth-order valence-electron chi connectivity index (χ4n) is 2.05. The van der Waals surface area contributed by atoms with Crippen LogP contribution in [0.4, 0.5) is 0 Å². The molecule has 3 atom stereocenters. The van der Waals surface area contributed by atoms with Crippen LogP contribution in [0.2, 0.25) is 0 Å². The monoisotopic (exact) mass is 228 g/mol. The summed E-state index contributed by atoms with van der Waals surface area (Å²) in [7, 11) is 2.08. The number of hydrogen-bond donors (Lipinski definition) is 2. The van der Waals surface area contributed by atoms with Crippen LogP contribution in [0, 0.1) is 11.8 Å². The van der Waals surface area contributed by atoms with Gasteiger partial charge in [0.25, 0.3) is 0 Å². The zero-order valence-corrected chi connectivity index (χ0v) is 10.6. The largest absolute Gasteiger partial charge is 0.480 e. The third kappa shape index (κ3) is 4.49. The number of aliphatic carboxylic acids is 1. The molecule has 0 amide bonds. The predicted octanol–water partition coefficient (Wildman–Crippen LogP) is 1.03. The van der Waals surface area contributed by atoms with Crippen molar-refractivity contribution in [3.8, 4) is 0 Å². The van der Waals surface area contributed by atoms with Crippen molar-refractivity contribution in [2.24, 2.45) is 11.8 Å². The molecule has 0 saturated heterocycles. The van der Waals surface area contributed by atoms with Gasteiger partial charge in [0.2, 0.25) is 0 Å². The van der Waals surface area contributed by atoms with E-state index in [0.29, 0.717) is 13.0 Å². The molecule has 0 aliphatic heterocycles. The molecule has 1 saturated carbocycles. The summed E-state index contributed by atoms with van der Waals surface area (Å²) in [5.74, 6) is 0.967. The van der Waals surface area contributed by atoms with Crippen molar-refractivity contribution in [2.45, 2.75) is 32.7 Å². The zero-order chi connectivity index (χ0) is 12.1. The molecule has 1 rings (SSSR count). The highest BCUT2D eigenvalue weighted by molar-refractivity contribution is 5.73. The summed E-state index contributed by atoms with van der Waals surface area (Å²) < 4.78 is 0. The first-order chi connectivity index (χ1) is 7.54. The lowest BCUT2D eigenvalue weighted by Gasteiger charge is -2.19. The van der Waals surface area contributed by atoms with E-state index in [4.69, 9.17) is 5.11 Å². The van der Waals surface area contributed by atoms with Gasteiger partial charge in [-0.05, 0) is 44.8 Å². The molecule has 0 spiro atoms. The van der Waals surface area contributed by atoms with Gasteiger partial charge in [-0.3, -0.25) is 4.79 Å². The highest BCUT2D eigenvalue weighted by atomic mass is 16.4. The van der Waals surface area contributed by atoms with Crippen molar-refractivity contribution >= 4 is 5.97 Å². The molecule has 2 N–H and O–H groups in total. The molecule has 1 fully saturated rings. The van der Waals surface area contributed by atoms with Crippen LogP contribution >= 0.6 is 0 Å². The number of nitrogens with one attached hydrogen (secondary N) is 1. The summed E-state index contributed by atoms with van der Waals surface area (Å²) in [6, 6.07) is -0.399. The summed E-state index contributed by atoms with van der Waals surface area (Å²) in [5.41, 5.74) is 0. The second-order valence-electron chi connectivity index (χ2n) is 4.97. The Bertz CT molecular complexity index is 233. The first kappa shape index (κ1) is 13.5. The lowest BCUT2D eigenvalue weighted by Crippen LogP contribution is -2.39. The molecule has 4 nitrogen and oxygen atoms in total. The van der Waals surface area contributed by atoms with Crippen LogP contribution in [0.15, 0.2) is 0 Å². The van der Waals surface area contributed by atoms with Crippen LogP contribution in [0.1, 0.15) is 26.7 Å². The molecule has 1 aliphatic rings. The lowest BCUT2D eigenvalue weighted by atomic mass is 10.2. The molecule has 3 unspecified atom stereocenters. The maximum atomic E-state index is 10.9. The van der Waals surface area contributed by atoms with Crippen molar-refractivity contribution in [3.05, 3.63) is 0 Å². The van der Waals surface area contributed by atoms with E-state index in [-0.39, 0.29) is 0 Å². The maximum Gasteiger partial charge on any atom is 0.320 e. The van der Waals surface area contributed by atoms with E-state index in [1.807, 2.05) is 6.92 Å². The second kappa shape index (κ2) is 6.21. The molecule has 0 heterocycles. The Balaban J connectivity index is 2.17. The number of nitrogens with zero attached hydrogens (tertiary/aromatic N) is 1. The van der Waals surface area contributed by atoms with Gasteiger partial charge in [0.05, 0.1) is 0 Å². The SMILES string of the molecule is CCNC(CCN(C)CC1CC1C)C(=O)O. The third-order valence-electron chi connectivity index (χ3n) is 3.37. The summed E-state index contributed by atoms with van der Waals surface area (Å²) in [4.78, 5) is 13.2. The molecular weight excluding hydrogens is 204 g/mol. The molecule has 0 bridgehead atoms. The molecule has 1 aliphatic carbocycles. The van der Waals surface area contributed by atoms with Crippen LogP contribution in [-0.4, -0.2) is 48.7 Å². The van der Waals surface area contributed by atoms with Gasteiger partial charge < -0.3 is 15.3 Å². The number of hydrogen-bond acceptors (Lipinski definition) is 3. The van der Waals surface area contributed by atoms with E-state index >= 15 is 0 Å². The average Bonchev–Trinajstić information content (AvgIpc) is 2.88. The molecular formula is C12H24N2O2. The van der Waals surface area contributed by atoms with Crippen LogP contribution in [0.25, 0.3) is 0 Å². The fraction of sp³-hybridized carbons (Fsp3) is 0.917. The minimum absolute atomic E-state index is 0.399. The summed E-state index contributed by atoms with van der Waals surface area (Å²) in [5, 5.41) is 12.0. The van der Waals surface area contributed by atoms with Gasteiger partial charge in [-0.15, -0.1) is 0 Å². The molecule has 94 valence electrons. The molecule has 16 heavy (non-hydrogen) atoms. The Kier molecular flexibility index (Phi) is 5.22. The number of likely N-dealkylation sites (N-methyl/N-ethyl adjacent to an activating group) is 1. The van der Waals surface area contributed by atoms with Crippen LogP contribution in [-0.2, 0) is 4.79 Å². The van der Waals surface area contributed by atoms with E-state index in [9.17, 15) is 4.79 Å². The van der Waals surface area contributed by atoms with Gasteiger partial charge in [-0.2, -0.15) is 0 Å². The predicted molar refractivity (Wildman–Crippen MR) is 64.5 cm³/mol. The first-order valence-corrected chi connectivity index (χ1v) is 6.19. The highest BCUT2D eigenvalue weighted by Crippen LogP contribution is 2.37. The van der Waals surface area contributed by atoms with Crippen LogP contribution in [0.5, 0.6) is 0 Å². The number of carboxylic acid groups (broad SMARTS) is 1. The van der Waals surface area contributed by atoms with Crippen molar-refractivity contribution in [1.82, 2.24) is 10.2 Å². The lowest BCUT2D eigenvalue weighted by molar-refractivity contribution is -0.139. The third-order valence-corrected chi connectivity index (χ3v) is 3.37. The van der Waals surface area contributed by atoms with Gasteiger partial charge in [0.1, 0.15) is 6.04 Å². The van der Waals surface area contributed by atoms with Crippen LogP contribution in [0.3, 0.4) is 0 Å². The first-order valence-electron chi connectivity index (χ1n) is 6.19. The highest BCUT2D eigenvalue weighted by Gasteiger charge is 2.33. The minimum Gasteiger partial charge on any atom is -0.480 e. The molecule has 4 heteroatoms. The topological polar surface area (TPSA) is 52.6 Å². The Hall–Kier alpha value is -0.610. The maximum absolute atomic E-state index is 10.9. The van der Waals surface area contributed by atoms with Crippen molar-refractivity contribution in [2.75, 3.05) is 26.7 Å². The van der Waals surface area contributed by atoms with E-state index in [0.717, 1.165) is 24.9 Å². The number of rotatable bonds is 8. The Morgan fingerprint density at radius 2 is 2.25 bits per heavy atom. The van der Waals surface area contributed by atoms with E-state index < -0.39 is 12.0 Å². The normalized spacial score (nSPS) is 25.8. The van der Waals surface area contributed by atoms with E-state index in [1.165, 1.54) is 6.42 Å². The van der Waals surface area contributed by atoms with Gasteiger partial charge >= 0.3 is 5.97 Å². The minimum atomic E-state index is -0.741. The molecule has 0 aromatic carbocycles. The van der Waals surface area contributed by atoms with Crippen molar-refractivity contribution in [1.29, 1.82) is 0 Å². The molecule has 0 radical (unpaired) electrons. The number of carbonyl (C=O) groups is 1. The summed E-state index contributed by atoms with van der Waals surface area (Å²) in [6.45, 7) is 6.88. The average molecular weight is 228 g/mol. The fourth-order valence-corrected chi connectivity index (χ4v) is 2.05. The van der Waals surface area contributed by atoms with Gasteiger partial charge in [-0.25, -0.2) is 0 Å². The zero-order valence-electron chi connectivity index (χ0n) is 10.6. The van der Waals surface area contributed by atoms with Gasteiger partial charge in [0.15, 0.2) is 0 Å².